The number of anilines is 1. The summed E-state index contributed by atoms with van der Waals surface area (Å²) in [6, 6.07) is 5.70. The molecule has 1 N–H and O–H groups in total. The van der Waals surface area contributed by atoms with E-state index in [4.69, 9.17) is 9.26 Å². The van der Waals surface area contributed by atoms with Crippen LogP contribution in [0, 0.1) is 20.8 Å². The molecule has 2 rings (SSSR count). The van der Waals surface area contributed by atoms with E-state index in [0.29, 0.717) is 29.1 Å². The van der Waals surface area contributed by atoms with Gasteiger partial charge in [-0.15, -0.1) is 0 Å². The summed E-state index contributed by atoms with van der Waals surface area (Å²) < 4.78 is 10.0. The van der Waals surface area contributed by atoms with Gasteiger partial charge >= 0.3 is 5.97 Å². The molecular formula is C17H20N2O4. The Bertz CT molecular complexity index is 734. The summed E-state index contributed by atoms with van der Waals surface area (Å²) in [5, 5.41) is 6.52. The molecule has 1 aromatic carbocycles. The van der Waals surface area contributed by atoms with Gasteiger partial charge in [0.2, 0.25) is 0 Å². The lowest BCUT2D eigenvalue weighted by molar-refractivity contribution is -0.119. The van der Waals surface area contributed by atoms with E-state index in [9.17, 15) is 9.59 Å². The maximum absolute atomic E-state index is 12.1. The summed E-state index contributed by atoms with van der Waals surface area (Å²) in [5.74, 6) is -0.601. The number of aromatic nitrogens is 1. The first-order chi connectivity index (χ1) is 10.9. The number of ether oxygens (including phenoxy) is 1. The van der Waals surface area contributed by atoms with Crippen molar-refractivity contribution in [2.75, 3.05) is 11.9 Å². The Morgan fingerprint density at radius 1 is 1.26 bits per heavy atom. The molecule has 0 spiro atoms. The van der Waals surface area contributed by atoms with E-state index in [-0.39, 0.29) is 6.61 Å². The molecule has 2 aromatic rings. The van der Waals surface area contributed by atoms with Crippen LogP contribution in [-0.2, 0) is 16.0 Å². The maximum Gasteiger partial charge on any atom is 0.344 e. The normalized spacial score (nSPS) is 10.4. The number of aryl methyl sites for hydroxylation is 4. The van der Waals surface area contributed by atoms with E-state index < -0.39 is 11.9 Å². The molecule has 6 nitrogen and oxygen atoms in total. The molecule has 1 amide bonds. The minimum absolute atomic E-state index is 0.298. The fraction of sp³-hybridized carbons (Fsp3) is 0.353. The van der Waals surface area contributed by atoms with E-state index in [1.807, 2.05) is 39.0 Å². The number of amides is 1. The fourth-order valence-corrected chi connectivity index (χ4v) is 2.26. The third kappa shape index (κ3) is 3.97. The topological polar surface area (TPSA) is 81.4 Å². The highest BCUT2D eigenvalue weighted by Crippen LogP contribution is 2.17. The quantitative estimate of drug-likeness (QED) is 0.858. The second kappa shape index (κ2) is 7.09. The highest BCUT2D eigenvalue weighted by molar-refractivity contribution is 5.96. The van der Waals surface area contributed by atoms with Gasteiger partial charge in [0.25, 0.3) is 5.91 Å². The molecule has 1 heterocycles. The van der Waals surface area contributed by atoms with Gasteiger partial charge in [-0.3, -0.25) is 4.79 Å². The predicted octanol–water partition coefficient (Wildman–Crippen LogP) is 2.96. The van der Waals surface area contributed by atoms with Crippen LogP contribution in [0.3, 0.4) is 0 Å². The Morgan fingerprint density at radius 3 is 2.65 bits per heavy atom. The van der Waals surface area contributed by atoms with E-state index in [2.05, 4.69) is 10.5 Å². The maximum atomic E-state index is 12.1. The summed E-state index contributed by atoms with van der Waals surface area (Å²) in [7, 11) is 0. The molecule has 0 atom stereocenters. The molecule has 0 aliphatic carbocycles. The number of hydrogen-bond donors (Lipinski definition) is 1. The van der Waals surface area contributed by atoms with Crippen LogP contribution in [0.4, 0.5) is 5.69 Å². The fourth-order valence-electron chi connectivity index (χ4n) is 2.26. The highest BCUT2D eigenvalue weighted by Gasteiger charge is 2.21. The van der Waals surface area contributed by atoms with Crippen molar-refractivity contribution >= 4 is 17.6 Å². The summed E-state index contributed by atoms with van der Waals surface area (Å²) in [6.45, 7) is 7.02. The molecule has 0 aliphatic heterocycles. The molecule has 23 heavy (non-hydrogen) atoms. The van der Waals surface area contributed by atoms with Gasteiger partial charge in [-0.25, -0.2) is 4.79 Å². The van der Waals surface area contributed by atoms with E-state index >= 15 is 0 Å². The Kier molecular flexibility index (Phi) is 5.16. The zero-order chi connectivity index (χ0) is 17.0. The van der Waals surface area contributed by atoms with Gasteiger partial charge in [0, 0.05) is 5.69 Å². The summed E-state index contributed by atoms with van der Waals surface area (Å²) >= 11 is 0. The smallest absolute Gasteiger partial charge is 0.344 e. The van der Waals surface area contributed by atoms with Crippen LogP contribution in [0.1, 0.15) is 39.9 Å². The number of carbonyl (C=O) groups is 2. The van der Waals surface area contributed by atoms with Gasteiger partial charge in [-0.05, 0) is 38.8 Å². The minimum atomic E-state index is -0.601. The van der Waals surface area contributed by atoms with Gasteiger partial charge in [-0.2, -0.15) is 0 Å². The molecule has 0 aliphatic rings. The third-order valence-electron chi connectivity index (χ3n) is 3.46. The van der Waals surface area contributed by atoms with Gasteiger partial charge in [-0.1, -0.05) is 29.8 Å². The first kappa shape index (κ1) is 16.7. The molecule has 0 saturated heterocycles. The molecule has 6 heteroatoms. The standard InChI is InChI=1S/C17H20N2O4/c1-5-13-16(12(4)23-19-13)17(21)22-9-15(20)18-14-7-6-10(2)8-11(14)3/h6-8H,5,9H2,1-4H3,(H,18,20). The molecule has 122 valence electrons. The SMILES string of the molecule is CCc1noc(C)c1C(=O)OCC(=O)Nc1ccc(C)cc1C. The average Bonchev–Trinajstić information content (AvgIpc) is 2.88. The zero-order valence-electron chi connectivity index (χ0n) is 13.7. The van der Waals surface area contributed by atoms with E-state index in [0.717, 1.165) is 11.1 Å². The second-order valence-corrected chi connectivity index (χ2v) is 5.36. The second-order valence-electron chi connectivity index (χ2n) is 5.36. The number of carbonyl (C=O) groups excluding carboxylic acids is 2. The van der Waals surface area contributed by atoms with Crippen LogP contribution in [-0.4, -0.2) is 23.6 Å². The Hall–Kier alpha value is -2.63. The van der Waals surface area contributed by atoms with Gasteiger partial charge in [0.15, 0.2) is 6.61 Å². The molecule has 0 unspecified atom stereocenters. The lowest BCUT2D eigenvalue weighted by atomic mass is 10.1. The number of esters is 1. The summed E-state index contributed by atoms with van der Waals surface area (Å²) in [6.07, 6.45) is 0.552. The molecule has 0 fully saturated rings. The average molecular weight is 316 g/mol. The van der Waals surface area contributed by atoms with Crippen molar-refractivity contribution in [2.45, 2.75) is 34.1 Å². The highest BCUT2D eigenvalue weighted by atomic mass is 16.5. The van der Waals surface area contributed by atoms with Gasteiger partial charge in [0.1, 0.15) is 11.3 Å². The minimum Gasteiger partial charge on any atom is -0.452 e. The van der Waals surface area contributed by atoms with Crippen molar-refractivity contribution in [3.05, 3.63) is 46.3 Å². The van der Waals surface area contributed by atoms with Crippen LogP contribution in [0.25, 0.3) is 0 Å². The lowest BCUT2D eigenvalue weighted by Crippen LogP contribution is -2.22. The number of rotatable bonds is 5. The van der Waals surface area contributed by atoms with Crippen molar-refractivity contribution in [3.8, 4) is 0 Å². The predicted molar refractivity (Wildman–Crippen MR) is 85.4 cm³/mol. The number of nitrogens with zero attached hydrogens (tertiary/aromatic N) is 1. The third-order valence-corrected chi connectivity index (χ3v) is 3.46. The molecule has 0 bridgehead atoms. The molecular weight excluding hydrogens is 296 g/mol. The van der Waals surface area contributed by atoms with E-state index in [1.54, 1.807) is 6.92 Å². The van der Waals surface area contributed by atoms with Crippen molar-refractivity contribution in [2.24, 2.45) is 0 Å². The van der Waals surface area contributed by atoms with E-state index in [1.165, 1.54) is 0 Å². The Labute approximate surface area is 134 Å². The Morgan fingerprint density at radius 2 is 2.00 bits per heavy atom. The summed E-state index contributed by atoms with van der Waals surface area (Å²) in [4.78, 5) is 24.0. The molecule has 0 radical (unpaired) electrons. The first-order valence-electron chi connectivity index (χ1n) is 7.41. The van der Waals surface area contributed by atoms with Crippen molar-refractivity contribution in [3.63, 3.8) is 0 Å². The largest absolute Gasteiger partial charge is 0.452 e. The number of benzene rings is 1. The van der Waals surface area contributed by atoms with Gasteiger partial charge < -0.3 is 14.6 Å². The first-order valence-corrected chi connectivity index (χ1v) is 7.41. The monoisotopic (exact) mass is 316 g/mol. The van der Waals surface area contributed by atoms with Crippen LogP contribution < -0.4 is 5.32 Å². The van der Waals surface area contributed by atoms with Crippen molar-refractivity contribution in [1.29, 1.82) is 0 Å². The Balaban J connectivity index is 1.96. The molecule has 0 saturated carbocycles. The number of nitrogens with one attached hydrogen (secondary N) is 1. The number of hydrogen-bond acceptors (Lipinski definition) is 5. The van der Waals surface area contributed by atoms with Crippen LogP contribution >= 0.6 is 0 Å². The molecule has 1 aromatic heterocycles. The lowest BCUT2D eigenvalue weighted by Gasteiger charge is -2.09. The summed E-state index contributed by atoms with van der Waals surface area (Å²) in [5.41, 5.74) is 3.59. The van der Waals surface area contributed by atoms with Crippen molar-refractivity contribution < 1.29 is 18.8 Å². The van der Waals surface area contributed by atoms with Gasteiger partial charge in [0.05, 0.1) is 5.69 Å². The van der Waals surface area contributed by atoms with Crippen LogP contribution in [0.2, 0.25) is 0 Å². The van der Waals surface area contributed by atoms with Crippen LogP contribution in [0.15, 0.2) is 22.7 Å². The zero-order valence-corrected chi connectivity index (χ0v) is 13.7. The van der Waals surface area contributed by atoms with Crippen LogP contribution in [0.5, 0.6) is 0 Å². The van der Waals surface area contributed by atoms with Crippen molar-refractivity contribution in [1.82, 2.24) is 5.16 Å².